The third-order valence-corrected chi connectivity index (χ3v) is 2.44. The van der Waals surface area contributed by atoms with Crippen LogP contribution in [0, 0.1) is 0 Å². The van der Waals surface area contributed by atoms with E-state index in [0.717, 1.165) is 12.0 Å². The van der Waals surface area contributed by atoms with Crippen LogP contribution in [0.3, 0.4) is 0 Å². The SMILES string of the molecule is CCc1ccc2c(=O)c(C(=O)O)n[nH]c2c1. The molecule has 2 rings (SSSR count). The van der Waals surface area contributed by atoms with E-state index in [-0.39, 0.29) is 0 Å². The quantitative estimate of drug-likeness (QED) is 0.792. The van der Waals surface area contributed by atoms with Gasteiger partial charge in [0.25, 0.3) is 0 Å². The van der Waals surface area contributed by atoms with E-state index in [4.69, 9.17) is 5.11 Å². The third-order valence-electron chi connectivity index (χ3n) is 2.44. The van der Waals surface area contributed by atoms with Gasteiger partial charge < -0.3 is 5.11 Å². The Labute approximate surface area is 90.7 Å². The second-order valence-corrected chi connectivity index (χ2v) is 3.44. The highest BCUT2D eigenvalue weighted by molar-refractivity contribution is 5.90. The zero-order valence-electron chi connectivity index (χ0n) is 8.65. The fraction of sp³-hybridized carbons (Fsp3) is 0.182. The number of aromatic nitrogens is 2. The number of carboxylic acid groups (broad SMARTS) is 1. The Morgan fingerprint density at radius 2 is 2.25 bits per heavy atom. The maximum absolute atomic E-state index is 11.7. The van der Waals surface area contributed by atoms with Crippen molar-refractivity contribution in [3.8, 4) is 0 Å². The standard InChI is InChI=1S/C11H10N2O3/c1-2-6-3-4-7-8(5-6)12-13-9(10(7)14)11(15)16/h3-5H,2H2,1H3,(H,12,14)(H,15,16). The largest absolute Gasteiger partial charge is 0.476 e. The molecule has 1 aromatic heterocycles. The van der Waals surface area contributed by atoms with E-state index in [1.165, 1.54) is 0 Å². The maximum atomic E-state index is 11.7. The van der Waals surface area contributed by atoms with E-state index in [9.17, 15) is 9.59 Å². The van der Waals surface area contributed by atoms with Crippen molar-refractivity contribution in [2.75, 3.05) is 0 Å². The third kappa shape index (κ3) is 1.56. The number of aryl methyl sites for hydroxylation is 1. The first-order chi connectivity index (χ1) is 7.63. The molecular formula is C11H10N2O3. The van der Waals surface area contributed by atoms with E-state index >= 15 is 0 Å². The zero-order valence-corrected chi connectivity index (χ0v) is 8.65. The number of fused-ring (bicyclic) bond motifs is 1. The fourth-order valence-corrected chi connectivity index (χ4v) is 1.54. The van der Waals surface area contributed by atoms with Crippen LogP contribution in [0.4, 0.5) is 0 Å². The molecule has 1 heterocycles. The topological polar surface area (TPSA) is 83.1 Å². The first kappa shape index (κ1) is 10.4. The van der Waals surface area contributed by atoms with Crippen LogP contribution in [-0.2, 0) is 6.42 Å². The molecule has 0 saturated carbocycles. The summed E-state index contributed by atoms with van der Waals surface area (Å²) in [7, 11) is 0. The fourth-order valence-electron chi connectivity index (χ4n) is 1.54. The van der Waals surface area contributed by atoms with Gasteiger partial charge in [-0.1, -0.05) is 13.0 Å². The molecule has 2 N–H and O–H groups in total. The second-order valence-electron chi connectivity index (χ2n) is 3.44. The Morgan fingerprint density at radius 1 is 1.50 bits per heavy atom. The number of nitrogens with one attached hydrogen (secondary N) is 1. The monoisotopic (exact) mass is 218 g/mol. The van der Waals surface area contributed by atoms with Crippen molar-refractivity contribution in [2.45, 2.75) is 13.3 Å². The maximum Gasteiger partial charge on any atom is 0.360 e. The molecule has 16 heavy (non-hydrogen) atoms. The highest BCUT2D eigenvalue weighted by Crippen LogP contribution is 2.10. The van der Waals surface area contributed by atoms with Crippen molar-refractivity contribution in [3.05, 3.63) is 39.7 Å². The number of hydrogen-bond acceptors (Lipinski definition) is 3. The van der Waals surface area contributed by atoms with Crippen molar-refractivity contribution in [3.63, 3.8) is 0 Å². The van der Waals surface area contributed by atoms with Gasteiger partial charge in [-0.05, 0) is 24.1 Å². The number of H-pyrrole nitrogens is 1. The molecule has 0 spiro atoms. The molecule has 82 valence electrons. The number of benzene rings is 1. The lowest BCUT2D eigenvalue weighted by atomic mass is 10.1. The minimum atomic E-state index is -1.32. The average Bonchev–Trinajstić information content (AvgIpc) is 2.28. The van der Waals surface area contributed by atoms with Crippen molar-refractivity contribution >= 4 is 16.9 Å². The molecule has 5 nitrogen and oxygen atoms in total. The number of nitrogens with zero attached hydrogens (tertiary/aromatic N) is 1. The predicted molar refractivity (Wildman–Crippen MR) is 58.7 cm³/mol. The summed E-state index contributed by atoms with van der Waals surface area (Å²) in [6.07, 6.45) is 0.846. The van der Waals surface area contributed by atoms with Crippen LogP contribution in [0.1, 0.15) is 23.0 Å². The lowest BCUT2D eigenvalue weighted by Crippen LogP contribution is -2.18. The van der Waals surface area contributed by atoms with Crippen molar-refractivity contribution in [2.24, 2.45) is 0 Å². The van der Waals surface area contributed by atoms with Crippen LogP contribution >= 0.6 is 0 Å². The van der Waals surface area contributed by atoms with Crippen molar-refractivity contribution in [1.29, 1.82) is 0 Å². The lowest BCUT2D eigenvalue weighted by molar-refractivity contribution is 0.0688. The molecule has 0 radical (unpaired) electrons. The van der Waals surface area contributed by atoms with Gasteiger partial charge in [-0.15, -0.1) is 0 Å². The van der Waals surface area contributed by atoms with Gasteiger partial charge in [0.1, 0.15) is 0 Å². The van der Waals surface area contributed by atoms with Gasteiger partial charge in [0, 0.05) is 5.39 Å². The number of hydrogen-bond donors (Lipinski definition) is 2. The van der Waals surface area contributed by atoms with E-state index in [2.05, 4.69) is 10.2 Å². The normalized spacial score (nSPS) is 10.6. The Balaban J connectivity index is 2.77. The lowest BCUT2D eigenvalue weighted by Gasteiger charge is -2.01. The number of rotatable bonds is 2. The molecule has 5 heteroatoms. The molecule has 0 aliphatic heterocycles. The number of carboxylic acids is 1. The van der Waals surface area contributed by atoms with E-state index in [0.29, 0.717) is 10.9 Å². The first-order valence-corrected chi connectivity index (χ1v) is 4.88. The van der Waals surface area contributed by atoms with Crippen LogP contribution in [0.2, 0.25) is 0 Å². The molecule has 0 atom stereocenters. The highest BCUT2D eigenvalue weighted by Gasteiger charge is 2.13. The van der Waals surface area contributed by atoms with Crippen LogP contribution in [0.5, 0.6) is 0 Å². The van der Waals surface area contributed by atoms with Crippen molar-refractivity contribution < 1.29 is 9.90 Å². The van der Waals surface area contributed by atoms with Crippen LogP contribution < -0.4 is 5.43 Å². The molecular weight excluding hydrogens is 208 g/mol. The molecule has 0 amide bonds. The molecule has 0 saturated heterocycles. The van der Waals surface area contributed by atoms with Gasteiger partial charge in [0.15, 0.2) is 0 Å². The Kier molecular flexibility index (Phi) is 2.44. The summed E-state index contributed by atoms with van der Waals surface area (Å²) >= 11 is 0. The summed E-state index contributed by atoms with van der Waals surface area (Å²) < 4.78 is 0. The summed E-state index contributed by atoms with van der Waals surface area (Å²) in [5.74, 6) is -1.32. The van der Waals surface area contributed by atoms with Gasteiger partial charge in [0.05, 0.1) is 5.52 Å². The summed E-state index contributed by atoms with van der Waals surface area (Å²) in [5, 5.41) is 15.2. The van der Waals surface area contributed by atoms with Crippen LogP contribution in [0.25, 0.3) is 10.9 Å². The summed E-state index contributed by atoms with van der Waals surface area (Å²) in [6, 6.07) is 5.24. The van der Waals surface area contributed by atoms with Crippen molar-refractivity contribution in [1.82, 2.24) is 10.2 Å². The minimum absolute atomic E-state index is 0.351. The summed E-state index contributed by atoms with van der Waals surface area (Å²) in [5.41, 5.74) is 0.600. The van der Waals surface area contributed by atoms with Crippen LogP contribution in [-0.4, -0.2) is 21.3 Å². The Hall–Kier alpha value is -2.17. The van der Waals surface area contributed by atoms with Crippen LogP contribution in [0.15, 0.2) is 23.0 Å². The Bertz CT molecular complexity index is 616. The number of aromatic amines is 1. The minimum Gasteiger partial charge on any atom is -0.476 e. The first-order valence-electron chi connectivity index (χ1n) is 4.88. The molecule has 1 aromatic carbocycles. The van der Waals surface area contributed by atoms with Gasteiger partial charge in [0.2, 0.25) is 11.1 Å². The number of carbonyl (C=O) groups is 1. The van der Waals surface area contributed by atoms with Gasteiger partial charge in [-0.3, -0.25) is 9.89 Å². The second kappa shape index (κ2) is 3.77. The zero-order chi connectivity index (χ0) is 11.7. The summed E-state index contributed by atoms with van der Waals surface area (Å²) in [6.45, 7) is 2.00. The van der Waals surface area contributed by atoms with E-state index < -0.39 is 17.1 Å². The number of aromatic carboxylic acids is 1. The van der Waals surface area contributed by atoms with Gasteiger partial charge >= 0.3 is 5.97 Å². The van der Waals surface area contributed by atoms with Gasteiger partial charge in [-0.25, -0.2) is 4.79 Å². The predicted octanol–water partition coefficient (Wildman–Crippen LogP) is 1.18. The molecule has 0 aliphatic rings. The molecule has 0 unspecified atom stereocenters. The average molecular weight is 218 g/mol. The molecule has 0 aliphatic carbocycles. The summed E-state index contributed by atoms with van der Waals surface area (Å²) in [4.78, 5) is 22.4. The van der Waals surface area contributed by atoms with Gasteiger partial charge in [-0.2, -0.15) is 5.10 Å². The molecule has 2 aromatic rings. The Morgan fingerprint density at radius 3 is 2.88 bits per heavy atom. The highest BCUT2D eigenvalue weighted by atomic mass is 16.4. The smallest absolute Gasteiger partial charge is 0.360 e. The van der Waals surface area contributed by atoms with E-state index in [1.54, 1.807) is 12.1 Å². The molecule has 0 bridgehead atoms. The van der Waals surface area contributed by atoms with E-state index in [1.807, 2.05) is 13.0 Å². The molecule has 0 fully saturated rings.